The number of benzene rings is 1. The van der Waals surface area contributed by atoms with Gasteiger partial charge in [0.05, 0.1) is 22.4 Å². The summed E-state index contributed by atoms with van der Waals surface area (Å²) in [5.74, 6) is 0.0745. The number of nitriles is 1. The molecule has 1 aliphatic heterocycles. The average molecular weight is 250 g/mol. The number of sulfone groups is 1. The molecule has 0 aliphatic carbocycles. The molecule has 1 aromatic carbocycles. The Morgan fingerprint density at radius 2 is 2.29 bits per heavy atom. The third kappa shape index (κ3) is 2.27. The first-order chi connectivity index (χ1) is 8.04. The van der Waals surface area contributed by atoms with Crippen LogP contribution in [0.25, 0.3) is 0 Å². The third-order valence-electron chi connectivity index (χ3n) is 2.94. The van der Waals surface area contributed by atoms with Crippen molar-refractivity contribution in [2.24, 2.45) is 0 Å². The maximum atomic E-state index is 12.1. The lowest BCUT2D eigenvalue weighted by Crippen LogP contribution is -2.34. The zero-order valence-electron chi connectivity index (χ0n) is 9.60. The highest BCUT2D eigenvalue weighted by Crippen LogP contribution is 2.32. The molecule has 0 bridgehead atoms. The molecule has 0 fully saturated rings. The molecule has 0 spiro atoms. The van der Waals surface area contributed by atoms with Crippen LogP contribution in [0.5, 0.6) is 0 Å². The maximum absolute atomic E-state index is 12.1. The summed E-state index contributed by atoms with van der Waals surface area (Å²) in [5, 5.41) is 11.8. The second-order valence-corrected chi connectivity index (χ2v) is 6.27. The summed E-state index contributed by atoms with van der Waals surface area (Å²) in [6, 6.07) is 7.15. The van der Waals surface area contributed by atoms with Crippen LogP contribution in [0.3, 0.4) is 0 Å². The SMILES string of the molecule is Cc1cccc2c1NC(CCC#N)CS2(=O)=O. The Morgan fingerprint density at radius 1 is 1.53 bits per heavy atom. The molecule has 0 radical (unpaired) electrons. The van der Waals surface area contributed by atoms with E-state index in [2.05, 4.69) is 5.32 Å². The number of anilines is 1. The molecule has 1 N–H and O–H groups in total. The standard InChI is InChI=1S/C12H14N2O2S/c1-9-4-2-6-11-12(9)14-10(5-3-7-13)8-17(11,15)16/h2,4,6,10,14H,3,5,8H2,1H3. The molecule has 1 aliphatic rings. The molecule has 5 heteroatoms. The molecule has 0 aromatic heterocycles. The van der Waals surface area contributed by atoms with E-state index in [0.717, 1.165) is 5.56 Å². The van der Waals surface area contributed by atoms with Crippen molar-refractivity contribution in [1.29, 1.82) is 5.26 Å². The predicted octanol–water partition coefficient (Wildman–Crippen LogP) is 1.87. The molecule has 90 valence electrons. The van der Waals surface area contributed by atoms with Gasteiger partial charge in [0, 0.05) is 12.5 Å². The van der Waals surface area contributed by atoms with Gasteiger partial charge < -0.3 is 5.32 Å². The van der Waals surface area contributed by atoms with Crippen LogP contribution in [0.2, 0.25) is 0 Å². The van der Waals surface area contributed by atoms with Gasteiger partial charge in [-0.25, -0.2) is 8.42 Å². The summed E-state index contributed by atoms with van der Waals surface area (Å²) in [6.45, 7) is 1.88. The predicted molar refractivity (Wildman–Crippen MR) is 65.5 cm³/mol. The van der Waals surface area contributed by atoms with Gasteiger partial charge in [0.1, 0.15) is 0 Å². The molecule has 17 heavy (non-hydrogen) atoms. The summed E-state index contributed by atoms with van der Waals surface area (Å²) in [4.78, 5) is 0.380. The van der Waals surface area contributed by atoms with Gasteiger partial charge in [0.25, 0.3) is 0 Å². The molecule has 1 aromatic rings. The van der Waals surface area contributed by atoms with E-state index in [1.807, 2.05) is 19.1 Å². The Kier molecular flexibility index (Phi) is 3.07. The van der Waals surface area contributed by atoms with E-state index in [1.165, 1.54) is 0 Å². The first kappa shape index (κ1) is 11.9. The molecule has 2 rings (SSSR count). The number of hydrogen-bond acceptors (Lipinski definition) is 4. The van der Waals surface area contributed by atoms with Gasteiger partial charge in [-0.3, -0.25) is 0 Å². The van der Waals surface area contributed by atoms with Crippen molar-refractivity contribution in [2.75, 3.05) is 11.1 Å². The van der Waals surface area contributed by atoms with E-state index in [9.17, 15) is 8.42 Å². The summed E-state index contributed by atoms with van der Waals surface area (Å²) in [5.41, 5.74) is 1.62. The van der Waals surface area contributed by atoms with Crippen molar-refractivity contribution in [3.63, 3.8) is 0 Å². The molecule has 0 saturated heterocycles. The summed E-state index contributed by atoms with van der Waals surface area (Å²) < 4.78 is 24.2. The van der Waals surface area contributed by atoms with Gasteiger partial charge in [-0.2, -0.15) is 5.26 Å². The van der Waals surface area contributed by atoms with Crippen molar-refractivity contribution in [1.82, 2.24) is 0 Å². The van der Waals surface area contributed by atoms with Gasteiger partial charge in [0.2, 0.25) is 0 Å². The van der Waals surface area contributed by atoms with Crippen molar-refractivity contribution >= 4 is 15.5 Å². The molecule has 1 atom stereocenters. The fourth-order valence-electron chi connectivity index (χ4n) is 2.08. The van der Waals surface area contributed by atoms with Gasteiger partial charge in [-0.1, -0.05) is 12.1 Å². The molecular formula is C12H14N2O2S. The maximum Gasteiger partial charge on any atom is 0.182 e. The second kappa shape index (κ2) is 4.38. The summed E-state index contributed by atoms with van der Waals surface area (Å²) in [6.07, 6.45) is 0.928. The number of hydrogen-bond donors (Lipinski definition) is 1. The van der Waals surface area contributed by atoms with Crippen molar-refractivity contribution in [2.45, 2.75) is 30.7 Å². The number of fused-ring (bicyclic) bond motifs is 1. The number of para-hydroxylation sites is 1. The number of rotatable bonds is 2. The van der Waals surface area contributed by atoms with Crippen LogP contribution in [-0.4, -0.2) is 20.2 Å². The van der Waals surface area contributed by atoms with Crippen LogP contribution >= 0.6 is 0 Å². The normalized spacial score (nSPS) is 21.1. The van der Waals surface area contributed by atoms with Crippen LogP contribution in [0.15, 0.2) is 23.1 Å². The number of aryl methyl sites for hydroxylation is 1. The minimum Gasteiger partial charge on any atom is -0.380 e. The van der Waals surface area contributed by atoms with Gasteiger partial charge in [-0.05, 0) is 25.0 Å². The van der Waals surface area contributed by atoms with Crippen LogP contribution in [0, 0.1) is 18.3 Å². The zero-order valence-corrected chi connectivity index (χ0v) is 10.4. The van der Waals surface area contributed by atoms with Crippen LogP contribution in [0.1, 0.15) is 18.4 Å². The minimum absolute atomic E-state index is 0.0745. The van der Waals surface area contributed by atoms with Crippen molar-refractivity contribution in [3.8, 4) is 6.07 Å². The van der Waals surface area contributed by atoms with Gasteiger partial charge >= 0.3 is 0 Å². The summed E-state index contributed by atoms with van der Waals surface area (Å²) in [7, 11) is -3.22. The van der Waals surface area contributed by atoms with Crippen LogP contribution in [0.4, 0.5) is 5.69 Å². The Bertz CT molecular complexity index is 573. The second-order valence-electron chi connectivity index (χ2n) is 4.27. The fourth-order valence-corrected chi connectivity index (χ4v) is 3.86. The van der Waals surface area contributed by atoms with Gasteiger partial charge in [0.15, 0.2) is 9.84 Å². The average Bonchev–Trinajstić information content (AvgIpc) is 2.27. The molecule has 1 heterocycles. The van der Waals surface area contributed by atoms with E-state index in [4.69, 9.17) is 5.26 Å². The number of nitrogens with zero attached hydrogens (tertiary/aromatic N) is 1. The monoisotopic (exact) mass is 250 g/mol. The van der Waals surface area contributed by atoms with E-state index in [-0.39, 0.29) is 11.8 Å². The minimum atomic E-state index is -3.22. The van der Waals surface area contributed by atoms with Crippen LogP contribution < -0.4 is 5.32 Å². The van der Waals surface area contributed by atoms with Crippen LogP contribution in [-0.2, 0) is 9.84 Å². The molecule has 4 nitrogen and oxygen atoms in total. The highest BCUT2D eigenvalue weighted by atomic mass is 32.2. The largest absolute Gasteiger partial charge is 0.380 e. The quantitative estimate of drug-likeness (QED) is 0.869. The lowest BCUT2D eigenvalue weighted by molar-refractivity contribution is 0.580. The lowest BCUT2D eigenvalue weighted by Gasteiger charge is -2.27. The molecular weight excluding hydrogens is 236 g/mol. The van der Waals surface area contributed by atoms with E-state index >= 15 is 0 Å². The van der Waals surface area contributed by atoms with Crippen molar-refractivity contribution in [3.05, 3.63) is 23.8 Å². The van der Waals surface area contributed by atoms with E-state index in [0.29, 0.717) is 23.4 Å². The zero-order chi connectivity index (χ0) is 12.5. The Morgan fingerprint density at radius 3 is 3.00 bits per heavy atom. The molecule has 1 unspecified atom stereocenters. The molecule has 0 amide bonds. The van der Waals surface area contributed by atoms with E-state index < -0.39 is 9.84 Å². The highest BCUT2D eigenvalue weighted by Gasteiger charge is 2.30. The van der Waals surface area contributed by atoms with E-state index in [1.54, 1.807) is 12.1 Å². The third-order valence-corrected chi connectivity index (χ3v) is 4.79. The Balaban J connectivity index is 2.39. The fraction of sp³-hybridized carbons (Fsp3) is 0.417. The number of nitrogens with one attached hydrogen (secondary N) is 1. The first-order valence-electron chi connectivity index (χ1n) is 5.50. The first-order valence-corrected chi connectivity index (χ1v) is 7.15. The molecule has 0 saturated carbocycles. The summed E-state index contributed by atoms with van der Waals surface area (Å²) >= 11 is 0. The Labute approximate surface area is 101 Å². The smallest absolute Gasteiger partial charge is 0.182 e. The topological polar surface area (TPSA) is 70.0 Å². The Hall–Kier alpha value is -1.54. The van der Waals surface area contributed by atoms with Crippen molar-refractivity contribution < 1.29 is 8.42 Å². The van der Waals surface area contributed by atoms with Gasteiger partial charge in [-0.15, -0.1) is 0 Å². The highest BCUT2D eigenvalue weighted by molar-refractivity contribution is 7.91. The lowest BCUT2D eigenvalue weighted by atomic mass is 10.1.